The van der Waals surface area contributed by atoms with Crippen LogP contribution < -0.4 is 19.7 Å². The van der Waals surface area contributed by atoms with Gasteiger partial charge in [-0.05, 0) is 72.2 Å². The molecule has 36 heavy (non-hydrogen) atoms. The van der Waals surface area contributed by atoms with Gasteiger partial charge in [-0.25, -0.2) is 4.79 Å². The van der Waals surface area contributed by atoms with Crippen LogP contribution in [0.3, 0.4) is 0 Å². The van der Waals surface area contributed by atoms with Crippen molar-refractivity contribution in [2.45, 2.75) is 13.5 Å². The third kappa shape index (κ3) is 5.11. The molecule has 2 amide bonds. The van der Waals surface area contributed by atoms with Gasteiger partial charge in [-0.1, -0.05) is 36.4 Å². The van der Waals surface area contributed by atoms with E-state index in [0.29, 0.717) is 28.3 Å². The zero-order valence-electron chi connectivity index (χ0n) is 19.5. The van der Waals surface area contributed by atoms with Gasteiger partial charge in [0.2, 0.25) is 0 Å². The average molecular weight is 503 g/mol. The van der Waals surface area contributed by atoms with Crippen molar-refractivity contribution >= 4 is 46.9 Å². The number of ether oxygens (including phenoxy) is 2. The summed E-state index contributed by atoms with van der Waals surface area (Å²) in [5, 5.41) is 11.8. The fraction of sp³-hybridized carbons (Fsp3) is 0.111. The molecule has 4 rings (SSSR count). The number of anilines is 1. The molecule has 3 aromatic carbocycles. The molecule has 0 aliphatic carbocycles. The Hall–Kier alpha value is -4.50. The molecule has 2 N–H and O–H groups in total. The van der Waals surface area contributed by atoms with Crippen LogP contribution in [-0.4, -0.2) is 35.1 Å². The summed E-state index contributed by atoms with van der Waals surface area (Å²) in [6.07, 6.45) is 1.47. The SMILES string of the molecule is COc1cc(/C=C2\C(=O)NC(=S)N(c3ccccc3C)C2=O)ccc1OCc1cccc(C(=O)O)c1. The second kappa shape index (κ2) is 10.4. The maximum absolute atomic E-state index is 13.3. The van der Waals surface area contributed by atoms with Crippen molar-refractivity contribution in [3.8, 4) is 11.5 Å². The van der Waals surface area contributed by atoms with Gasteiger partial charge in [0.05, 0.1) is 18.4 Å². The summed E-state index contributed by atoms with van der Waals surface area (Å²) >= 11 is 5.27. The first kappa shape index (κ1) is 24.6. The van der Waals surface area contributed by atoms with E-state index in [4.69, 9.17) is 26.8 Å². The monoisotopic (exact) mass is 502 g/mol. The molecule has 0 saturated carbocycles. The van der Waals surface area contributed by atoms with Gasteiger partial charge in [0.15, 0.2) is 16.6 Å². The second-order valence-electron chi connectivity index (χ2n) is 7.95. The number of carboxylic acids is 1. The van der Waals surface area contributed by atoms with Gasteiger partial charge in [-0.2, -0.15) is 0 Å². The smallest absolute Gasteiger partial charge is 0.335 e. The number of aryl methyl sites for hydroxylation is 1. The van der Waals surface area contributed by atoms with Crippen molar-refractivity contribution < 1.29 is 29.0 Å². The molecule has 0 aromatic heterocycles. The van der Waals surface area contributed by atoms with Crippen LogP contribution in [0.1, 0.15) is 27.0 Å². The van der Waals surface area contributed by atoms with Crippen LogP contribution in [0, 0.1) is 6.92 Å². The highest BCUT2D eigenvalue weighted by Crippen LogP contribution is 2.31. The van der Waals surface area contributed by atoms with E-state index in [1.54, 1.807) is 42.5 Å². The number of hydrogen-bond acceptors (Lipinski definition) is 6. The lowest BCUT2D eigenvalue weighted by Crippen LogP contribution is -2.54. The number of aromatic carboxylic acids is 1. The van der Waals surface area contributed by atoms with E-state index in [1.165, 1.54) is 30.2 Å². The highest BCUT2D eigenvalue weighted by atomic mass is 32.1. The number of nitrogens with zero attached hydrogens (tertiary/aromatic N) is 1. The molecule has 1 fully saturated rings. The Bertz CT molecular complexity index is 1410. The summed E-state index contributed by atoms with van der Waals surface area (Å²) in [7, 11) is 1.47. The summed E-state index contributed by atoms with van der Waals surface area (Å²) in [5.41, 5.74) is 2.74. The summed E-state index contributed by atoms with van der Waals surface area (Å²) in [6, 6.07) is 18.7. The molecule has 1 aliphatic heterocycles. The minimum Gasteiger partial charge on any atom is -0.493 e. The minimum atomic E-state index is -1.02. The minimum absolute atomic E-state index is 0.0183. The van der Waals surface area contributed by atoms with E-state index < -0.39 is 17.8 Å². The van der Waals surface area contributed by atoms with E-state index in [1.807, 2.05) is 19.1 Å². The molecular formula is C27H22N2O6S. The molecule has 0 bridgehead atoms. The second-order valence-corrected chi connectivity index (χ2v) is 8.34. The predicted octanol–water partition coefficient (Wildman–Crippen LogP) is 4.11. The van der Waals surface area contributed by atoms with Crippen molar-refractivity contribution in [3.63, 3.8) is 0 Å². The number of benzene rings is 3. The Balaban J connectivity index is 1.59. The first-order valence-electron chi connectivity index (χ1n) is 10.9. The molecule has 8 nitrogen and oxygen atoms in total. The van der Waals surface area contributed by atoms with Crippen LogP contribution >= 0.6 is 12.2 Å². The number of hydrogen-bond donors (Lipinski definition) is 2. The van der Waals surface area contributed by atoms with Crippen LogP contribution in [-0.2, 0) is 16.2 Å². The fourth-order valence-electron chi connectivity index (χ4n) is 3.71. The summed E-state index contributed by atoms with van der Waals surface area (Å²) in [4.78, 5) is 38.4. The molecule has 182 valence electrons. The van der Waals surface area contributed by atoms with E-state index in [0.717, 1.165) is 5.56 Å². The number of carbonyl (C=O) groups is 3. The zero-order chi connectivity index (χ0) is 25.8. The Kier molecular flexibility index (Phi) is 7.12. The largest absolute Gasteiger partial charge is 0.493 e. The first-order valence-corrected chi connectivity index (χ1v) is 11.3. The fourth-order valence-corrected chi connectivity index (χ4v) is 3.98. The predicted molar refractivity (Wildman–Crippen MR) is 138 cm³/mol. The highest BCUT2D eigenvalue weighted by molar-refractivity contribution is 7.80. The lowest BCUT2D eigenvalue weighted by Gasteiger charge is -2.30. The molecule has 0 unspecified atom stereocenters. The maximum atomic E-state index is 13.3. The standard InChI is InChI=1S/C27H22N2O6S/c1-16-6-3-4-9-21(16)29-25(31)20(24(30)28-27(29)36)13-17-10-11-22(23(14-17)34-2)35-15-18-7-5-8-19(12-18)26(32)33/h3-14H,15H2,1-2H3,(H,32,33)(H,28,30,36)/b20-13+. The number of thiocarbonyl (C=S) groups is 1. The molecule has 0 radical (unpaired) electrons. The Morgan fingerprint density at radius 3 is 2.56 bits per heavy atom. The van der Waals surface area contributed by atoms with E-state index in [2.05, 4.69) is 5.32 Å². The zero-order valence-corrected chi connectivity index (χ0v) is 20.3. The molecule has 1 saturated heterocycles. The lowest BCUT2D eigenvalue weighted by molar-refractivity contribution is -0.122. The van der Waals surface area contributed by atoms with E-state index in [-0.39, 0.29) is 22.9 Å². The van der Waals surface area contributed by atoms with Crippen LogP contribution in [0.25, 0.3) is 6.08 Å². The van der Waals surface area contributed by atoms with Crippen LogP contribution in [0.4, 0.5) is 5.69 Å². The van der Waals surface area contributed by atoms with Gasteiger partial charge in [-0.3, -0.25) is 19.8 Å². The van der Waals surface area contributed by atoms with Gasteiger partial charge in [0.1, 0.15) is 12.2 Å². The number of carbonyl (C=O) groups excluding carboxylic acids is 2. The molecule has 0 atom stereocenters. The lowest BCUT2D eigenvalue weighted by atomic mass is 10.1. The van der Waals surface area contributed by atoms with Crippen molar-refractivity contribution in [1.82, 2.24) is 5.32 Å². The normalized spacial score (nSPS) is 14.6. The topological polar surface area (TPSA) is 105 Å². The maximum Gasteiger partial charge on any atom is 0.335 e. The molecule has 1 heterocycles. The summed E-state index contributed by atoms with van der Waals surface area (Å²) < 4.78 is 11.3. The van der Waals surface area contributed by atoms with Gasteiger partial charge in [0, 0.05) is 0 Å². The third-order valence-electron chi connectivity index (χ3n) is 5.52. The van der Waals surface area contributed by atoms with Crippen LogP contribution in [0.5, 0.6) is 11.5 Å². The molecule has 0 spiro atoms. The summed E-state index contributed by atoms with van der Waals surface area (Å²) in [6.45, 7) is 1.98. The Morgan fingerprint density at radius 2 is 1.83 bits per heavy atom. The van der Waals surface area contributed by atoms with Crippen LogP contribution in [0.15, 0.2) is 72.3 Å². The quantitative estimate of drug-likeness (QED) is 0.285. The first-order chi connectivity index (χ1) is 17.3. The number of amides is 2. The van der Waals surface area contributed by atoms with Gasteiger partial charge < -0.3 is 14.6 Å². The Labute approximate surface area is 212 Å². The van der Waals surface area contributed by atoms with Gasteiger partial charge in [-0.15, -0.1) is 0 Å². The van der Waals surface area contributed by atoms with E-state index >= 15 is 0 Å². The molecular weight excluding hydrogens is 480 g/mol. The van der Waals surface area contributed by atoms with Crippen molar-refractivity contribution in [3.05, 3.63) is 94.6 Å². The van der Waals surface area contributed by atoms with Gasteiger partial charge in [0.25, 0.3) is 11.8 Å². The van der Waals surface area contributed by atoms with Crippen LogP contribution in [0.2, 0.25) is 0 Å². The molecule has 1 aliphatic rings. The average Bonchev–Trinajstić information content (AvgIpc) is 2.86. The van der Waals surface area contributed by atoms with Crippen molar-refractivity contribution in [2.24, 2.45) is 0 Å². The number of nitrogens with one attached hydrogen (secondary N) is 1. The Morgan fingerprint density at radius 1 is 1.06 bits per heavy atom. The van der Waals surface area contributed by atoms with Crippen molar-refractivity contribution in [2.75, 3.05) is 12.0 Å². The highest BCUT2D eigenvalue weighted by Gasteiger charge is 2.35. The molecule has 9 heteroatoms. The molecule has 3 aromatic rings. The number of para-hydroxylation sites is 1. The third-order valence-corrected chi connectivity index (χ3v) is 5.81. The number of methoxy groups -OCH3 is 1. The number of rotatable bonds is 7. The number of carboxylic acid groups (broad SMARTS) is 1. The van der Waals surface area contributed by atoms with Gasteiger partial charge >= 0.3 is 5.97 Å². The van der Waals surface area contributed by atoms with E-state index in [9.17, 15) is 14.4 Å². The summed E-state index contributed by atoms with van der Waals surface area (Å²) in [5.74, 6) is -1.34. The van der Waals surface area contributed by atoms with Crippen molar-refractivity contribution in [1.29, 1.82) is 0 Å².